The lowest BCUT2D eigenvalue weighted by Crippen LogP contribution is -1.99. The van der Waals surface area contributed by atoms with Crippen molar-refractivity contribution in [3.8, 4) is 22.0 Å². The number of nitrogen functional groups attached to an aromatic ring is 1. The number of hydrogen-bond acceptors (Lipinski definition) is 4. The minimum absolute atomic E-state index is 0.439. The zero-order valence-electron chi connectivity index (χ0n) is 10.2. The number of nitrogens with zero attached hydrogens (tertiary/aromatic N) is 2. The standard InChI is InChI=1S/C14H9Br2N3S/c15-9-6-7-20-12(9)14-18-11(10(16)13(17)19-14)8-4-2-1-3-5-8/h1-7H,(H2,17,18,19). The first-order valence-corrected chi connectivity index (χ1v) is 8.25. The van der Waals surface area contributed by atoms with Gasteiger partial charge in [0.25, 0.3) is 0 Å². The van der Waals surface area contributed by atoms with Gasteiger partial charge in [0.1, 0.15) is 5.82 Å². The molecule has 3 rings (SSSR count). The molecular weight excluding hydrogens is 402 g/mol. The molecule has 0 aliphatic heterocycles. The average molecular weight is 411 g/mol. The van der Waals surface area contributed by atoms with Gasteiger partial charge in [-0.15, -0.1) is 11.3 Å². The van der Waals surface area contributed by atoms with Crippen molar-refractivity contribution < 1.29 is 0 Å². The number of thiophene rings is 1. The van der Waals surface area contributed by atoms with Crippen LogP contribution in [0.25, 0.3) is 22.0 Å². The van der Waals surface area contributed by atoms with Crippen molar-refractivity contribution in [3.63, 3.8) is 0 Å². The lowest BCUT2D eigenvalue weighted by Gasteiger charge is -2.08. The molecule has 0 atom stereocenters. The number of halogens is 2. The van der Waals surface area contributed by atoms with Crippen molar-refractivity contribution in [1.29, 1.82) is 0 Å². The number of anilines is 1. The molecule has 0 unspecified atom stereocenters. The molecule has 0 spiro atoms. The van der Waals surface area contributed by atoms with Gasteiger partial charge in [0.2, 0.25) is 0 Å². The molecule has 6 heteroatoms. The highest BCUT2D eigenvalue weighted by molar-refractivity contribution is 9.11. The Hall–Kier alpha value is -1.24. The van der Waals surface area contributed by atoms with Crippen LogP contribution in [0.15, 0.2) is 50.7 Å². The van der Waals surface area contributed by atoms with Gasteiger partial charge in [0.15, 0.2) is 5.82 Å². The Labute approximate surface area is 137 Å². The number of aromatic nitrogens is 2. The number of benzene rings is 1. The first-order valence-electron chi connectivity index (χ1n) is 5.78. The van der Waals surface area contributed by atoms with Crippen LogP contribution in [0.4, 0.5) is 5.82 Å². The fourth-order valence-electron chi connectivity index (χ4n) is 1.81. The molecule has 0 fully saturated rings. The molecule has 3 nitrogen and oxygen atoms in total. The Morgan fingerprint density at radius 2 is 1.75 bits per heavy atom. The van der Waals surface area contributed by atoms with E-state index in [1.54, 1.807) is 11.3 Å². The third kappa shape index (κ3) is 2.51. The monoisotopic (exact) mass is 409 g/mol. The highest BCUT2D eigenvalue weighted by atomic mass is 79.9. The average Bonchev–Trinajstić information content (AvgIpc) is 2.89. The summed E-state index contributed by atoms with van der Waals surface area (Å²) >= 11 is 8.56. The van der Waals surface area contributed by atoms with Crippen molar-refractivity contribution in [2.24, 2.45) is 0 Å². The van der Waals surface area contributed by atoms with E-state index >= 15 is 0 Å². The van der Waals surface area contributed by atoms with E-state index < -0.39 is 0 Å². The maximum atomic E-state index is 6.01. The molecule has 0 bridgehead atoms. The van der Waals surface area contributed by atoms with Gasteiger partial charge in [-0.3, -0.25) is 0 Å². The van der Waals surface area contributed by atoms with Crippen LogP contribution in [0.3, 0.4) is 0 Å². The molecule has 0 saturated heterocycles. The predicted molar refractivity (Wildman–Crippen MR) is 90.6 cm³/mol. The molecule has 0 amide bonds. The maximum absolute atomic E-state index is 6.01. The van der Waals surface area contributed by atoms with Crippen molar-refractivity contribution >= 4 is 49.0 Å². The summed E-state index contributed by atoms with van der Waals surface area (Å²) in [6.07, 6.45) is 0. The second-order valence-corrected chi connectivity index (χ2v) is 6.62. The summed E-state index contributed by atoms with van der Waals surface area (Å²) in [5.74, 6) is 1.07. The molecule has 20 heavy (non-hydrogen) atoms. The predicted octanol–water partition coefficient (Wildman–Crippen LogP) is 4.98. The summed E-state index contributed by atoms with van der Waals surface area (Å²) in [7, 11) is 0. The van der Waals surface area contributed by atoms with Gasteiger partial charge in [0, 0.05) is 10.0 Å². The van der Waals surface area contributed by atoms with Crippen LogP contribution in [0.5, 0.6) is 0 Å². The second kappa shape index (κ2) is 5.63. The van der Waals surface area contributed by atoms with Gasteiger partial charge < -0.3 is 5.73 Å². The highest BCUT2D eigenvalue weighted by Gasteiger charge is 2.15. The normalized spacial score (nSPS) is 10.7. The van der Waals surface area contributed by atoms with Crippen LogP contribution in [0.1, 0.15) is 0 Å². The lowest BCUT2D eigenvalue weighted by molar-refractivity contribution is 1.18. The van der Waals surface area contributed by atoms with E-state index in [1.807, 2.05) is 41.8 Å². The van der Waals surface area contributed by atoms with Crippen LogP contribution < -0.4 is 5.73 Å². The minimum atomic E-state index is 0.439. The summed E-state index contributed by atoms with van der Waals surface area (Å²) in [6.45, 7) is 0. The minimum Gasteiger partial charge on any atom is -0.383 e. The largest absolute Gasteiger partial charge is 0.383 e. The first kappa shape index (κ1) is 13.7. The van der Waals surface area contributed by atoms with E-state index in [2.05, 4.69) is 41.8 Å². The van der Waals surface area contributed by atoms with E-state index in [9.17, 15) is 0 Å². The maximum Gasteiger partial charge on any atom is 0.173 e. The Balaban J connectivity index is 2.21. The van der Waals surface area contributed by atoms with E-state index in [-0.39, 0.29) is 0 Å². The number of hydrogen-bond donors (Lipinski definition) is 1. The third-order valence-corrected chi connectivity index (χ3v) is 5.36. The van der Waals surface area contributed by atoms with E-state index in [1.165, 1.54) is 0 Å². The van der Waals surface area contributed by atoms with Crippen molar-refractivity contribution in [1.82, 2.24) is 9.97 Å². The molecule has 1 aromatic carbocycles. The second-order valence-electron chi connectivity index (χ2n) is 4.06. The molecule has 0 aliphatic carbocycles. The van der Waals surface area contributed by atoms with E-state index in [4.69, 9.17) is 5.73 Å². The molecule has 100 valence electrons. The quantitative estimate of drug-likeness (QED) is 0.648. The fraction of sp³-hybridized carbons (Fsp3) is 0. The third-order valence-electron chi connectivity index (χ3n) is 2.74. The topological polar surface area (TPSA) is 51.8 Å². The summed E-state index contributed by atoms with van der Waals surface area (Å²) in [6, 6.07) is 11.9. The highest BCUT2D eigenvalue weighted by Crippen LogP contribution is 2.36. The van der Waals surface area contributed by atoms with E-state index in [0.29, 0.717) is 11.6 Å². The summed E-state index contributed by atoms with van der Waals surface area (Å²) in [5.41, 5.74) is 7.81. The van der Waals surface area contributed by atoms with Crippen LogP contribution >= 0.6 is 43.2 Å². The van der Waals surface area contributed by atoms with E-state index in [0.717, 1.165) is 25.1 Å². The Kier molecular flexibility index (Phi) is 3.87. The fourth-order valence-corrected chi connectivity index (χ4v) is 3.70. The van der Waals surface area contributed by atoms with Crippen LogP contribution in [-0.4, -0.2) is 9.97 Å². The van der Waals surface area contributed by atoms with Gasteiger partial charge in [-0.2, -0.15) is 0 Å². The van der Waals surface area contributed by atoms with Crippen LogP contribution in [0, 0.1) is 0 Å². The van der Waals surface area contributed by atoms with Crippen molar-refractivity contribution in [2.45, 2.75) is 0 Å². The molecule has 0 saturated carbocycles. The summed E-state index contributed by atoms with van der Waals surface area (Å²) in [5, 5.41) is 1.99. The van der Waals surface area contributed by atoms with Gasteiger partial charge >= 0.3 is 0 Å². The van der Waals surface area contributed by atoms with Crippen LogP contribution in [0.2, 0.25) is 0 Å². The molecule has 2 heterocycles. The number of rotatable bonds is 2. The number of nitrogens with two attached hydrogens (primary N) is 1. The van der Waals surface area contributed by atoms with Gasteiger partial charge in [-0.25, -0.2) is 9.97 Å². The first-order chi connectivity index (χ1) is 9.66. The SMILES string of the molecule is Nc1nc(-c2sccc2Br)nc(-c2ccccc2)c1Br. The molecular formula is C14H9Br2N3S. The Morgan fingerprint density at radius 1 is 1.00 bits per heavy atom. The smallest absolute Gasteiger partial charge is 0.173 e. The Bertz CT molecular complexity index is 756. The molecule has 2 aromatic heterocycles. The zero-order chi connectivity index (χ0) is 14.1. The van der Waals surface area contributed by atoms with Crippen molar-refractivity contribution in [3.05, 3.63) is 50.7 Å². The summed E-state index contributed by atoms with van der Waals surface area (Å²) in [4.78, 5) is 9.98. The lowest BCUT2D eigenvalue weighted by atomic mass is 10.1. The Morgan fingerprint density at radius 3 is 2.40 bits per heavy atom. The molecule has 2 N–H and O–H groups in total. The van der Waals surface area contributed by atoms with Gasteiger partial charge in [-0.1, -0.05) is 30.3 Å². The van der Waals surface area contributed by atoms with Crippen molar-refractivity contribution in [2.75, 3.05) is 5.73 Å². The summed E-state index contributed by atoms with van der Waals surface area (Å²) < 4.78 is 1.70. The van der Waals surface area contributed by atoms with Gasteiger partial charge in [0.05, 0.1) is 15.0 Å². The van der Waals surface area contributed by atoms with Gasteiger partial charge in [-0.05, 0) is 43.3 Å². The zero-order valence-corrected chi connectivity index (χ0v) is 14.2. The molecule has 3 aromatic rings. The molecule has 0 radical (unpaired) electrons. The molecule has 0 aliphatic rings. The van der Waals surface area contributed by atoms with Crippen LogP contribution in [-0.2, 0) is 0 Å².